The van der Waals surface area contributed by atoms with Crippen LogP contribution < -0.4 is 4.74 Å². The number of hydrogen-bond donors (Lipinski definition) is 1. The summed E-state index contributed by atoms with van der Waals surface area (Å²) in [6.45, 7) is 6.81. The van der Waals surface area contributed by atoms with Crippen LogP contribution in [0.15, 0.2) is 42.5 Å². The zero-order valence-electron chi connectivity index (χ0n) is 14.7. The summed E-state index contributed by atoms with van der Waals surface area (Å²) >= 11 is 0. The first kappa shape index (κ1) is 18.1. The minimum atomic E-state index is -0.845. The number of rotatable bonds is 8. The Morgan fingerprint density at radius 3 is 2.38 bits per heavy atom. The smallest absolute Gasteiger partial charge is 0.335 e. The lowest BCUT2D eigenvalue weighted by Crippen LogP contribution is -2.09. The van der Waals surface area contributed by atoms with Gasteiger partial charge in [-0.3, -0.25) is 0 Å². The van der Waals surface area contributed by atoms with Gasteiger partial charge in [0.1, 0.15) is 5.75 Å². The Bertz CT molecular complexity index is 691. The molecular weight excluding hydrogens is 300 g/mol. The number of ether oxygens (including phenoxy) is 1. The minimum Gasteiger partial charge on any atom is -0.494 e. The first-order valence-electron chi connectivity index (χ1n) is 8.64. The second kappa shape index (κ2) is 8.53. The highest BCUT2D eigenvalue weighted by Gasteiger charge is 2.18. The summed E-state index contributed by atoms with van der Waals surface area (Å²) in [5.74, 6) is 0.302. The van der Waals surface area contributed by atoms with E-state index in [0.717, 1.165) is 41.7 Å². The molecule has 3 nitrogen and oxygen atoms in total. The van der Waals surface area contributed by atoms with Crippen LogP contribution in [0.1, 0.15) is 60.2 Å². The predicted molar refractivity (Wildman–Crippen MR) is 97.1 cm³/mol. The second-order valence-electron chi connectivity index (χ2n) is 6.03. The van der Waals surface area contributed by atoms with Gasteiger partial charge in [-0.05, 0) is 60.9 Å². The molecule has 0 radical (unpaired) electrons. The van der Waals surface area contributed by atoms with E-state index in [4.69, 9.17) is 4.74 Å². The molecule has 128 valence electrons. The fourth-order valence-electron chi connectivity index (χ4n) is 3.08. The number of hydrogen-bond acceptors (Lipinski definition) is 2. The largest absolute Gasteiger partial charge is 0.494 e. The van der Waals surface area contributed by atoms with Crippen LogP contribution in [-0.4, -0.2) is 17.7 Å². The number of aromatic carboxylic acids is 1. The maximum Gasteiger partial charge on any atom is 0.335 e. The first-order chi connectivity index (χ1) is 11.6. The number of aryl methyl sites for hydroxylation is 2. The number of carboxylic acids is 1. The Hall–Kier alpha value is -2.29. The highest BCUT2D eigenvalue weighted by atomic mass is 16.5. The number of para-hydroxylation sites is 1. The lowest BCUT2D eigenvalue weighted by Gasteiger charge is -2.18. The van der Waals surface area contributed by atoms with Crippen molar-refractivity contribution in [3.8, 4) is 5.75 Å². The van der Waals surface area contributed by atoms with Crippen molar-refractivity contribution in [3.63, 3.8) is 0 Å². The molecule has 24 heavy (non-hydrogen) atoms. The van der Waals surface area contributed by atoms with Crippen molar-refractivity contribution in [2.24, 2.45) is 0 Å². The molecule has 0 saturated heterocycles. The molecule has 0 bridgehead atoms. The lowest BCUT2D eigenvalue weighted by molar-refractivity contribution is 0.0695. The monoisotopic (exact) mass is 326 g/mol. The van der Waals surface area contributed by atoms with Crippen molar-refractivity contribution < 1.29 is 14.6 Å². The third-order valence-corrected chi connectivity index (χ3v) is 4.47. The molecule has 1 N–H and O–H groups in total. The zero-order chi connectivity index (χ0) is 17.5. The lowest BCUT2D eigenvalue weighted by atomic mass is 9.87. The van der Waals surface area contributed by atoms with Crippen LogP contribution in [0.2, 0.25) is 0 Å². The van der Waals surface area contributed by atoms with E-state index in [1.165, 1.54) is 0 Å². The van der Waals surface area contributed by atoms with Crippen molar-refractivity contribution in [3.05, 3.63) is 64.7 Å². The molecule has 0 aliphatic heterocycles. The van der Waals surface area contributed by atoms with Gasteiger partial charge in [0, 0.05) is 0 Å². The van der Waals surface area contributed by atoms with Gasteiger partial charge in [0.25, 0.3) is 0 Å². The van der Waals surface area contributed by atoms with Gasteiger partial charge in [0.15, 0.2) is 0 Å². The average molecular weight is 326 g/mol. The molecule has 0 amide bonds. The summed E-state index contributed by atoms with van der Waals surface area (Å²) in [6.07, 6.45) is 2.57. The van der Waals surface area contributed by atoms with E-state index in [2.05, 4.69) is 26.0 Å². The molecule has 1 atom stereocenters. The fraction of sp³-hybridized carbons (Fsp3) is 0.381. The van der Waals surface area contributed by atoms with Crippen LogP contribution in [0.5, 0.6) is 5.75 Å². The molecule has 0 aliphatic carbocycles. The summed E-state index contributed by atoms with van der Waals surface area (Å²) in [6, 6.07) is 13.7. The van der Waals surface area contributed by atoms with Gasteiger partial charge < -0.3 is 9.84 Å². The first-order valence-corrected chi connectivity index (χ1v) is 8.64. The fourth-order valence-corrected chi connectivity index (χ4v) is 3.08. The number of carboxylic acid groups (broad SMARTS) is 1. The quantitative estimate of drug-likeness (QED) is 0.735. The molecule has 0 aromatic heterocycles. The van der Waals surface area contributed by atoms with Crippen molar-refractivity contribution in [2.45, 2.75) is 46.0 Å². The summed E-state index contributed by atoms with van der Waals surface area (Å²) in [5.41, 5.74) is 3.69. The Labute approximate surface area is 144 Å². The van der Waals surface area contributed by atoms with E-state index in [9.17, 15) is 9.90 Å². The Morgan fingerprint density at radius 2 is 1.71 bits per heavy atom. The summed E-state index contributed by atoms with van der Waals surface area (Å²) in [7, 11) is 0. The van der Waals surface area contributed by atoms with Crippen molar-refractivity contribution in [1.29, 1.82) is 0 Å². The number of benzene rings is 2. The molecule has 0 aliphatic rings. The van der Waals surface area contributed by atoms with Crippen LogP contribution in [0.25, 0.3) is 0 Å². The average Bonchev–Trinajstić information content (AvgIpc) is 2.60. The topological polar surface area (TPSA) is 46.5 Å². The SMILES string of the molecule is CCOc1ccccc1CCc1cccc(C(=O)O)c1C(C)CC. The Kier molecular flexibility index (Phi) is 6.42. The molecule has 3 heteroatoms. The molecule has 0 saturated carbocycles. The third-order valence-electron chi connectivity index (χ3n) is 4.47. The van der Waals surface area contributed by atoms with Crippen LogP contribution >= 0.6 is 0 Å². The van der Waals surface area contributed by atoms with Gasteiger partial charge in [-0.25, -0.2) is 4.79 Å². The van der Waals surface area contributed by atoms with Gasteiger partial charge in [-0.15, -0.1) is 0 Å². The Morgan fingerprint density at radius 1 is 1.04 bits per heavy atom. The van der Waals surface area contributed by atoms with Gasteiger partial charge in [-0.2, -0.15) is 0 Å². The van der Waals surface area contributed by atoms with E-state index < -0.39 is 5.97 Å². The van der Waals surface area contributed by atoms with Crippen molar-refractivity contribution in [1.82, 2.24) is 0 Å². The predicted octanol–water partition coefficient (Wildman–Crippen LogP) is 5.08. The van der Waals surface area contributed by atoms with Crippen molar-refractivity contribution in [2.75, 3.05) is 6.61 Å². The number of carbonyl (C=O) groups is 1. The van der Waals surface area contributed by atoms with E-state index >= 15 is 0 Å². The molecule has 2 aromatic rings. The molecule has 2 aromatic carbocycles. The van der Waals surface area contributed by atoms with Crippen LogP contribution in [0, 0.1) is 0 Å². The Balaban J connectivity index is 2.30. The zero-order valence-corrected chi connectivity index (χ0v) is 14.7. The van der Waals surface area contributed by atoms with Gasteiger partial charge in [-0.1, -0.05) is 44.2 Å². The molecular formula is C21H26O3. The van der Waals surface area contributed by atoms with E-state index in [0.29, 0.717) is 12.2 Å². The van der Waals surface area contributed by atoms with Crippen molar-refractivity contribution >= 4 is 5.97 Å². The standard InChI is InChI=1S/C21H26O3/c1-4-15(3)20-17(10-8-11-18(20)21(22)23)14-13-16-9-6-7-12-19(16)24-5-2/h6-12,15H,4-5,13-14H2,1-3H3,(H,22,23). The van der Waals surface area contributed by atoms with Gasteiger partial charge >= 0.3 is 5.97 Å². The molecule has 2 rings (SSSR count). The summed E-state index contributed by atoms with van der Waals surface area (Å²) < 4.78 is 5.69. The molecule has 0 heterocycles. The summed E-state index contributed by atoms with van der Waals surface area (Å²) in [4.78, 5) is 11.6. The van der Waals surface area contributed by atoms with E-state index in [1.807, 2.05) is 31.2 Å². The van der Waals surface area contributed by atoms with E-state index in [1.54, 1.807) is 6.07 Å². The highest BCUT2D eigenvalue weighted by molar-refractivity contribution is 5.90. The molecule has 0 fully saturated rings. The maximum atomic E-state index is 11.6. The van der Waals surface area contributed by atoms with E-state index in [-0.39, 0.29) is 5.92 Å². The second-order valence-corrected chi connectivity index (χ2v) is 6.03. The van der Waals surface area contributed by atoms with Crippen LogP contribution in [0.4, 0.5) is 0 Å². The normalized spacial score (nSPS) is 12.0. The van der Waals surface area contributed by atoms with Gasteiger partial charge in [0.2, 0.25) is 0 Å². The van der Waals surface area contributed by atoms with Crippen LogP contribution in [0.3, 0.4) is 0 Å². The molecule has 0 spiro atoms. The maximum absolute atomic E-state index is 11.6. The third kappa shape index (κ3) is 4.16. The van der Waals surface area contributed by atoms with Crippen LogP contribution in [-0.2, 0) is 12.8 Å². The molecule has 1 unspecified atom stereocenters. The minimum absolute atomic E-state index is 0.231. The highest BCUT2D eigenvalue weighted by Crippen LogP contribution is 2.29. The van der Waals surface area contributed by atoms with Gasteiger partial charge in [0.05, 0.1) is 12.2 Å². The summed E-state index contributed by atoms with van der Waals surface area (Å²) in [5, 5.41) is 9.51.